The quantitative estimate of drug-likeness (QED) is 0.818. The minimum absolute atomic E-state index is 0.0278. The number of imide groups is 1. The van der Waals surface area contributed by atoms with Crippen LogP contribution in [0.15, 0.2) is 30.3 Å². The van der Waals surface area contributed by atoms with Gasteiger partial charge in [0.2, 0.25) is 5.91 Å². The molecule has 1 aromatic carbocycles. The van der Waals surface area contributed by atoms with Crippen molar-refractivity contribution in [3.8, 4) is 5.69 Å². The molecule has 1 unspecified atom stereocenters. The summed E-state index contributed by atoms with van der Waals surface area (Å²) in [6, 6.07) is 8.99. The van der Waals surface area contributed by atoms with E-state index in [1.807, 2.05) is 74.7 Å². The Balaban J connectivity index is 2.09. The SMILES string of the molecule is Cc1nn(-c2ccccc2)c(C)c1CN(C)C(C)C(=O)NC(=O)NC(C)C. The summed E-state index contributed by atoms with van der Waals surface area (Å²) in [7, 11) is 1.86. The predicted molar refractivity (Wildman–Crippen MR) is 106 cm³/mol. The minimum atomic E-state index is -0.473. The number of carbonyl (C=O) groups excluding carboxylic acids is 2. The Bertz CT molecular complexity index is 798. The molecule has 7 heteroatoms. The second-order valence-electron chi connectivity index (χ2n) is 7.11. The standard InChI is InChI=1S/C20H29N5O2/c1-13(2)21-20(27)22-19(26)16(5)24(6)12-18-14(3)23-25(15(18)4)17-10-8-7-9-11-17/h7-11,13,16H,12H2,1-6H3,(H2,21,22,26,27). The van der Waals surface area contributed by atoms with Crippen LogP contribution in [0.4, 0.5) is 4.79 Å². The summed E-state index contributed by atoms with van der Waals surface area (Å²) < 4.78 is 1.92. The number of carbonyl (C=O) groups is 2. The van der Waals surface area contributed by atoms with Crippen LogP contribution in [0.1, 0.15) is 37.7 Å². The number of benzene rings is 1. The first-order valence-corrected chi connectivity index (χ1v) is 9.12. The van der Waals surface area contributed by atoms with Gasteiger partial charge < -0.3 is 5.32 Å². The first-order valence-electron chi connectivity index (χ1n) is 9.12. The fourth-order valence-corrected chi connectivity index (χ4v) is 2.83. The van der Waals surface area contributed by atoms with Gasteiger partial charge >= 0.3 is 6.03 Å². The van der Waals surface area contributed by atoms with E-state index in [1.54, 1.807) is 6.92 Å². The number of amides is 3. The molecule has 0 saturated heterocycles. The number of rotatable bonds is 6. The predicted octanol–water partition coefficient (Wildman–Crippen LogP) is 2.54. The van der Waals surface area contributed by atoms with E-state index in [1.165, 1.54) is 0 Å². The van der Waals surface area contributed by atoms with Crippen LogP contribution >= 0.6 is 0 Å². The molecule has 1 heterocycles. The summed E-state index contributed by atoms with van der Waals surface area (Å²) in [5, 5.41) is 9.68. The molecule has 146 valence electrons. The fraction of sp³-hybridized carbons (Fsp3) is 0.450. The Morgan fingerprint density at radius 1 is 1.15 bits per heavy atom. The summed E-state index contributed by atoms with van der Waals surface area (Å²) in [4.78, 5) is 26.0. The molecule has 1 aromatic heterocycles. The number of aromatic nitrogens is 2. The smallest absolute Gasteiger partial charge is 0.321 e. The zero-order valence-electron chi connectivity index (χ0n) is 16.9. The Labute approximate surface area is 160 Å². The Morgan fingerprint density at radius 3 is 2.37 bits per heavy atom. The lowest BCUT2D eigenvalue weighted by Crippen LogP contribution is -2.49. The number of hydrogen-bond acceptors (Lipinski definition) is 4. The molecule has 0 spiro atoms. The van der Waals surface area contributed by atoms with Gasteiger partial charge in [0.05, 0.1) is 17.4 Å². The van der Waals surface area contributed by atoms with E-state index in [2.05, 4.69) is 15.7 Å². The van der Waals surface area contributed by atoms with Gasteiger partial charge in [-0.2, -0.15) is 5.10 Å². The van der Waals surface area contributed by atoms with Crippen molar-refractivity contribution in [3.05, 3.63) is 47.3 Å². The molecule has 27 heavy (non-hydrogen) atoms. The van der Waals surface area contributed by atoms with Gasteiger partial charge in [-0.1, -0.05) is 18.2 Å². The molecular formula is C20H29N5O2. The van der Waals surface area contributed by atoms with Gasteiger partial charge in [-0.15, -0.1) is 0 Å². The van der Waals surface area contributed by atoms with Crippen LogP contribution in [0.25, 0.3) is 5.69 Å². The number of nitrogens with zero attached hydrogens (tertiary/aromatic N) is 3. The largest absolute Gasteiger partial charge is 0.336 e. The van der Waals surface area contributed by atoms with Gasteiger partial charge in [0.1, 0.15) is 0 Å². The van der Waals surface area contributed by atoms with Gasteiger partial charge in [0.25, 0.3) is 0 Å². The number of nitrogens with one attached hydrogen (secondary N) is 2. The molecule has 0 aliphatic rings. The van der Waals surface area contributed by atoms with Gasteiger partial charge in [-0.3, -0.25) is 15.0 Å². The molecule has 3 amide bonds. The molecule has 2 aromatic rings. The molecule has 0 aliphatic heterocycles. The van der Waals surface area contributed by atoms with Crippen molar-refractivity contribution in [2.75, 3.05) is 7.05 Å². The first-order chi connectivity index (χ1) is 12.7. The number of aryl methyl sites for hydroxylation is 1. The Kier molecular flexibility index (Phi) is 6.74. The Hall–Kier alpha value is -2.67. The van der Waals surface area contributed by atoms with E-state index in [-0.39, 0.29) is 11.9 Å². The van der Waals surface area contributed by atoms with Crippen molar-refractivity contribution < 1.29 is 9.59 Å². The lowest BCUT2D eigenvalue weighted by atomic mass is 10.1. The van der Waals surface area contributed by atoms with Crippen LogP contribution in [0, 0.1) is 13.8 Å². The van der Waals surface area contributed by atoms with E-state index >= 15 is 0 Å². The second kappa shape index (κ2) is 8.81. The van der Waals surface area contributed by atoms with Crippen molar-refractivity contribution in [1.82, 2.24) is 25.3 Å². The van der Waals surface area contributed by atoms with Crippen molar-refractivity contribution in [2.45, 2.75) is 53.2 Å². The summed E-state index contributed by atoms with van der Waals surface area (Å²) in [6.45, 7) is 10.0. The van der Waals surface area contributed by atoms with Crippen LogP contribution in [-0.2, 0) is 11.3 Å². The van der Waals surface area contributed by atoms with Crippen LogP contribution < -0.4 is 10.6 Å². The maximum absolute atomic E-state index is 12.3. The third-order valence-corrected chi connectivity index (χ3v) is 4.55. The second-order valence-corrected chi connectivity index (χ2v) is 7.11. The molecular weight excluding hydrogens is 342 g/mol. The van der Waals surface area contributed by atoms with Gasteiger partial charge in [-0.05, 0) is 53.8 Å². The number of para-hydroxylation sites is 1. The van der Waals surface area contributed by atoms with Crippen LogP contribution in [-0.4, -0.2) is 45.8 Å². The van der Waals surface area contributed by atoms with Gasteiger partial charge in [0, 0.05) is 23.8 Å². The molecule has 0 fully saturated rings. The number of likely N-dealkylation sites (N-methyl/N-ethyl adjacent to an activating group) is 1. The Morgan fingerprint density at radius 2 is 1.78 bits per heavy atom. The number of urea groups is 1. The topological polar surface area (TPSA) is 79.3 Å². The summed E-state index contributed by atoms with van der Waals surface area (Å²) in [5.41, 5.74) is 4.04. The van der Waals surface area contributed by atoms with Crippen LogP contribution in [0.3, 0.4) is 0 Å². The maximum atomic E-state index is 12.3. The van der Waals surface area contributed by atoms with E-state index in [0.717, 1.165) is 22.6 Å². The zero-order valence-corrected chi connectivity index (χ0v) is 16.9. The highest BCUT2D eigenvalue weighted by atomic mass is 16.2. The fourth-order valence-electron chi connectivity index (χ4n) is 2.83. The molecule has 0 bridgehead atoms. The normalized spacial score (nSPS) is 12.3. The first kappa shape index (κ1) is 20.6. The van der Waals surface area contributed by atoms with Crippen molar-refractivity contribution >= 4 is 11.9 Å². The van der Waals surface area contributed by atoms with Crippen molar-refractivity contribution in [3.63, 3.8) is 0 Å². The van der Waals surface area contributed by atoms with E-state index in [9.17, 15) is 9.59 Å². The molecule has 2 rings (SSSR count). The molecule has 1 atom stereocenters. The molecule has 0 radical (unpaired) electrons. The maximum Gasteiger partial charge on any atom is 0.321 e. The molecule has 0 aliphatic carbocycles. The van der Waals surface area contributed by atoms with E-state index < -0.39 is 12.1 Å². The highest BCUT2D eigenvalue weighted by Crippen LogP contribution is 2.19. The summed E-state index contributed by atoms with van der Waals surface area (Å²) >= 11 is 0. The van der Waals surface area contributed by atoms with Gasteiger partial charge in [0.15, 0.2) is 0 Å². The van der Waals surface area contributed by atoms with Crippen molar-refractivity contribution in [1.29, 1.82) is 0 Å². The lowest BCUT2D eigenvalue weighted by Gasteiger charge is -2.24. The van der Waals surface area contributed by atoms with Crippen LogP contribution in [0.5, 0.6) is 0 Å². The van der Waals surface area contributed by atoms with E-state index in [0.29, 0.717) is 6.54 Å². The molecule has 2 N–H and O–H groups in total. The average molecular weight is 371 g/mol. The highest BCUT2D eigenvalue weighted by molar-refractivity contribution is 5.96. The van der Waals surface area contributed by atoms with Crippen LogP contribution in [0.2, 0.25) is 0 Å². The monoisotopic (exact) mass is 371 g/mol. The molecule has 7 nitrogen and oxygen atoms in total. The zero-order chi connectivity index (χ0) is 20.1. The van der Waals surface area contributed by atoms with E-state index in [4.69, 9.17) is 0 Å². The van der Waals surface area contributed by atoms with Crippen molar-refractivity contribution in [2.24, 2.45) is 0 Å². The summed E-state index contributed by atoms with van der Waals surface area (Å²) in [6.07, 6.45) is 0. The highest BCUT2D eigenvalue weighted by Gasteiger charge is 2.23. The summed E-state index contributed by atoms with van der Waals surface area (Å²) in [5.74, 6) is -0.332. The molecule has 0 saturated carbocycles. The average Bonchev–Trinajstić information content (AvgIpc) is 2.89. The van der Waals surface area contributed by atoms with Gasteiger partial charge in [-0.25, -0.2) is 9.48 Å². The third-order valence-electron chi connectivity index (χ3n) is 4.55. The minimum Gasteiger partial charge on any atom is -0.336 e. The third kappa shape index (κ3) is 5.17. The lowest BCUT2D eigenvalue weighted by molar-refractivity contribution is -0.124. The number of hydrogen-bond donors (Lipinski definition) is 2.